The van der Waals surface area contributed by atoms with E-state index >= 15 is 0 Å². The quantitative estimate of drug-likeness (QED) is 0.723. The van der Waals surface area contributed by atoms with Crippen molar-refractivity contribution in [3.05, 3.63) is 42.0 Å². The summed E-state index contributed by atoms with van der Waals surface area (Å²) in [5.41, 5.74) is -2.62. The van der Waals surface area contributed by atoms with Crippen molar-refractivity contribution in [1.29, 1.82) is 0 Å². The second-order valence-electron chi connectivity index (χ2n) is 8.90. The number of halogens is 3. The molecule has 1 unspecified atom stereocenters. The molecule has 7 nitrogen and oxygen atoms in total. The maximum absolute atomic E-state index is 13.5. The molecule has 1 atom stereocenters. The number of fused-ring (bicyclic) bond motifs is 1. The molecule has 0 radical (unpaired) electrons. The summed E-state index contributed by atoms with van der Waals surface area (Å²) >= 11 is 0. The Morgan fingerprint density at radius 2 is 2.03 bits per heavy atom. The molecule has 1 aromatic carbocycles. The first kappa shape index (κ1) is 20.6. The Labute approximate surface area is 178 Å². The van der Waals surface area contributed by atoms with Crippen LogP contribution in [0.2, 0.25) is 0 Å². The summed E-state index contributed by atoms with van der Waals surface area (Å²) in [5, 5.41) is 2.99. The van der Waals surface area contributed by atoms with Crippen LogP contribution < -0.4 is 10.2 Å². The molecule has 11 heteroatoms. The first-order valence-corrected chi connectivity index (χ1v) is 11.7. The van der Waals surface area contributed by atoms with Gasteiger partial charge in [0.1, 0.15) is 0 Å². The van der Waals surface area contributed by atoms with Gasteiger partial charge in [-0.25, -0.2) is 13.4 Å². The number of nitrogens with zero attached hydrogens (tertiary/aromatic N) is 3. The average Bonchev–Trinajstić information content (AvgIpc) is 3.09. The molecule has 1 aliphatic heterocycles. The molecule has 2 N–H and O–H groups in total. The minimum Gasteiger partial charge on any atom is -0.388 e. The van der Waals surface area contributed by atoms with Gasteiger partial charge < -0.3 is 15.2 Å². The van der Waals surface area contributed by atoms with E-state index in [0.29, 0.717) is 28.0 Å². The van der Waals surface area contributed by atoms with Gasteiger partial charge in [0.15, 0.2) is 0 Å². The lowest BCUT2D eigenvalue weighted by molar-refractivity contribution is -0.129. The molecule has 2 heterocycles. The van der Waals surface area contributed by atoms with Crippen molar-refractivity contribution in [2.45, 2.75) is 43.9 Å². The molecule has 3 aliphatic carbocycles. The highest BCUT2D eigenvalue weighted by atomic mass is 32.2. The fourth-order valence-corrected chi connectivity index (χ4v) is 6.36. The highest BCUT2D eigenvalue weighted by Crippen LogP contribution is 2.67. The smallest absolute Gasteiger partial charge is 0.388 e. The van der Waals surface area contributed by atoms with Crippen LogP contribution in [0.4, 0.5) is 24.5 Å². The van der Waals surface area contributed by atoms with Crippen LogP contribution in [0.5, 0.6) is 0 Å². The highest BCUT2D eigenvalue weighted by Gasteiger charge is 2.63. The van der Waals surface area contributed by atoms with Crippen LogP contribution in [0.3, 0.4) is 0 Å². The monoisotopic (exact) mass is 455 g/mol. The average molecular weight is 456 g/mol. The van der Waals surface area contributed by atoms with E-state index < -0.39 is 15.5 Å². The zero-order chi connectivity index (χ0) is 22.0. The molecule has 3 saturated carbocycles. The minimum atomic E-state index is -5.46. The van der Waals surface area contributed by atoms with Gasteiger partial charge in [0.05, 0.1) is 18.6 Å². The molecule has 0 spiro atoms. The van der Waals surface area contributed by atoms with Gasteiger partial charge >= 0.3 is 15.5 Å². The van der Waals surface area contributed by atoms with E-state index in [1.54, 1.807) is 25.6 Å². The van der Waals surface area contributed by atoms with E-state index in [2.05, 4.69) is 20.2 Å². The van der Waals surface area contributed by atoms with Gasteiger partial charge in [-0.15, -0.1) is 0 Å². The minimum absolute atomic E-state index is 0.145. The van der Waals surface area contributed by atoms with Gasteiger partial charge in [-0.05, 0) is 54.4 Å². The Balaban J connectivity index is 1.63. The number of H-pyrrole nitrogens is 1. The summed E-state index contributed by atoms with van der Waals surface area (Å²) in [4.78, 5) is 9.22. The van der Waals surface area contributed by atoms with E-state index in [9.17, 15) is 21.6 Å². The van der Waals surface area contributed by atoms with Gasteiger partial charge in [-0.1, -0.05) is 0 Å². The zero-order valence-corrected chi connectivity index (χ0v) is 17.8. The summed E-state index contributed by atoms with van der Waals surface area (Å²) < 4.78 is 66.2. The second kappa shape index (κ2) is 6.86. The molecule has 0 amide bonds. The highest BCUT2D eigenvalue weighted by molar-refractivity contribution is 7.89. The topological polar surface area (TPSA) is 81.3 Å². The van der Waals surface area contributed by atoms with Crippen LogP contribution in [0.15, 0.2) is 30.7 Å². The molecule has 168 valence electrons. The van der Waals surface area contributed by atoms with Crippen molar-refractivity contribution in [3.8, 4) is 0 Å². The number of anilines is 2. The summed E-state index contributed by atoms with van der Waals surface area (Å²) in [7, 11) is -3.75. The number of sulfonamides is 1. The second-order valence-corrected chi connectivity index (χ2v) is 10.8. The predicted molar refractivity (Wildman–Crippen MR) is 110 cm³/mol. The number of alkyl halides is 3. The van der Waals surface area contributed by atoms with E-state index in [0.717, 1.165) is 30.6 Å². The van der Waals surface area contributed by atoms with E-state index in [1.807, 2.05) is 12.1 Å². The number of imidazole rings is 1. The summed E-state index contributed by atoms with van der Waals surface area (Å²) in [6.45, 7) is -0.0860. The molecular weight excluding hydrogens is 431 g/mol. The lowest BCUT2D eigenvalue weighted by atomic mass is 9.41. The van der Waals surface area contributed by atoms with Gasteiger partial charge in [0.2, 0.25) is 0 Å². The number of benzene rings is 1. The fourth-order valence-electron chi connectivity index (χ4n) is 5.42. The van der Waals surface area contributed by atoms with Crippen molar-refractivity contribution in [2.24, 2.45) is 11.3 Å². The van der Waals surface area contributed by atoms with Gasteiger partial charge in [0.25, 0.3) is 0 Å². The van der Waals surface area contributed by atoms with Crippen molar-refractivity contribution < 1.29 is 21.6 Å². The molecule has 2 bridgehead atoms. The van der Waals surface area contributed by atoms with Crippen LogP contribution in [0.1, 0.15) is 30.5 Å². The van der Waals surface area contributed by atoms with Crippen LogP contribution in [0.25, 0.3) is 0 Å². The SMILES string of the molecule is CNc1ccc2c(c1)CN(S(=O)(=O)C(F)(F)F)CC(C13CC(C1)C3)N2Cc1cnc[nH]1. The lowest BCUT2D eigenvalue weighted by Gasteiger charge is -2.67. The number of hydrogen-bond acceptors (Lipinski definition) is 5. The zero-order valence-electron chi connectivity index (χ0n) is 17.0. The van der Waals surface area contributed by atoms with E-state index in [4.69, 9.17) is 0 Å². The van der Waals surface area contributed by atoms with Crippen molar-refractivity contribution in [2.75, 3.05) is 23.8 Å². The maximum atomic E-state index is 13.5. The third kappa shape index (κ3) is 3.20. The third-order valence-corrected chi connectivity index (χ3v) is 8.64. The normalized spacial score (nSPS) is 28.3. The van der Waals surface area contributed by atoms with Crippen LogP contribution in [-0.4, -0.2) is 47.8 Å². The largest absolute Gasteiger partial charge is 0.511 e. The van der Waals surface area contributed by atoms with Gasteiger partial charge in [0, 0.05) is 43.8 Å². The number of aromatic amines is 1. The molecular formula is C20H24F3N5O2S. The standard InChI is InChI=1S/C20H24F3N5O2S/c1-24-15-2-3-17-14(4-15)9-27(31(29,30)20(21,22)23)11-18(19-5-13(6-19)7-19)28(17)10-16-8-25-12-26-16/h2-4,8,12-13,18,24H,5-7,9-11H2,1H3,(H,25,26). The summed E-state index contributed by atoms with van der Waals surface area (Å²) in [6, 6.07) is 5.13. The molecule has 0 saturated heterocycles. The van der Waals surface area contributed by atoms with Crippen LogP contribution in [-0.2, 0) is 23.1 Å². The van der Waals surface area contributed by atoms with Crippen LogP contribution in [0, 0.1) is 11.3 Å². The maximum Gasteiger partial charge on any atom is 0.511 e. The summed E-state index contributed by atoms with van der Waals surface area (Å²) in [6.07, 6.45) is 6.05. The summed E-state index contributed by atoms with van der Waals surface area (Å²) in [5.74, 6) is 0.607. The number of nitrogens with one attached hydrogen (secondary N) is 2. The van der Waals surface area contributed by atoms with Gasteiger partial charge in [-0.3, -0.25) is 0 Å². The Bertz CT molecular complexity index is 1070. The third-order valence-electron chi connectivity index (χ3n) is 7.10. The number of rotatable bonds is 5. The number of hydrogen-bond donors (Lipinski definition) is 2. The fraction of sp³-hybridized carbons (Fsp3) is 0.550. The van der Waals surface area contributed by atoms with E-state index in [-0.39, 0.29) is 24.5 Å². The van der Waals surface area contributed by atoms with Crippen molar-refractivity contribution in [3.63, 3.8) is 0 Å². The van der Waals surface area contributed by atoms with E-state index in [1.165, 1.54) is 0 Å². The molecule has 2 aromatic rings. The lowest BCUT2D eigenvalue weighted by Crippen LogP contribution is -2.66. The first-order chi connectivity index (χ1) is 14.6. The molecule has 6 rings (SSSR count). The van der Waals surface area contributed by atoms with Crippen molar-refractivity contribution >= 4 is 21.4 Å². The predicted octanol–water partition coefficient (Wildman–Crippen LogP) is 3.29. The van der Waals surface area contributed by atoms with Crippen molar-refractivity contribution in [1.82, 2.24) is 14.3 Å². The Morgan fingerprint density at radius 1 is 1.29 bits per heavy atom. The Hall–Kier alpha value is -2.27. The first-order valence-electron chi connectivity index (χ1n) is 10.2. The molecule has 31 heavy (non-hydrogen) atoms. The van der Waals surface area contributed by atoms with Crippen LogP contribution >= 0.6 is 0 Å². The van der Waals surface area contributed by atoms with Gasteiger partial charge in [-0.2, -0.15) is 17.5 Å². The molecule has 3 fully saturated rings. The molecule has 4 aliphatic rings. The number of aromatic nitrogens is 2. The molecule has 1 aromatic heterocycles. The Kier molecular flexibility index (Phi) is 4.57. The Morgan fingerprint density at radius 3 is 2.58 bits per heavy atom.